The van der Waals surface area contributed by atoms with Gasteiger partial charge in [-0.25, -0.2) is 0 Å². The molecule has 0 amide bonds. The van der Waals surface area contributed by atoms with E-state index < -0.39 is 0 Å². The van der Waals surface area contributed by atoms with Gasteiger partial charge in [-0.3, -0.25) is 0 Å². The molecular formula is C16H27NO2. The van der Waals surface area contributed by atoms with Crippen LogP contribution in [-0.2, 0) is 4.74 Å². The molecule has 1 aromatic rings. The maximum absolute atomic E-state index is 6.13. The molecule has 0 aliphatic carbocycles. The first-order chi connectivity index (χ1) is 8.93. The van der Waals surface area contributed by atoms with Gasteiger partial charge in [-0.05, 0) is 43.9 Å². The van der Waals surface area contributed by atoms with Gasteiger partial charge in [0.15, 0.2) is 0 Å². The highest BCUT2D eigenvalue weighted by Crippen LogP contribution is 2.26. The summed E-state index contributed by atoms with van der Waals surface area (Å²) in [5.74, 6) is 1.46. The second-order valence-electron chi connectivity index (χ2n) is 5.63. The van der Waals surface area contributed by atoms with E-state index in [2.05, 4.69) is 20.8 Å². The largest absolute Gasteiger partial charge is 0.497 e. The van der Waals surface area contributed by atoms with Crippen LogP contribution in [0.3, 0.4) is 0 Å². The van der Waals surface area contributed by atoms with E-state index in [9.17, 15) is 0 Å². The molecular weight excluding hydrogens is 238 g/mol. The third kappa shape index (κ3) is 5.21. The standard InChI is InChI=1S/C16H27NO2/c1-11(2)9-12(3)19-16(13(4)17)14-7-6-8-15(10-14)18-5/h6-8,10-13,16H,9,17H2,1-5H3. The van der Waals surface area contributed by atoms with Crippen LogP contribution in [0.1, 0.15) is 45.8 Å². The predicted octanol–water partition coefficient (Wildman–Crippen LogP) is 3.53. The van der Waals surface area contributed by atoms with Crippen molar-refractivity contribution in [3.05, 3.63) is 29.8 Å². The molecule has 0 radical (unpaired) electrons. The second kappa shape index (κ2) is 7.51. The van der Waals surface area contributed by atoms with Crippen molar-refractivity contribution in [1.82, 2.24) is 0 Å². The van der Waals surface area contributed by atoms with E-state index in [1.807, 2.05) is 31.2 Å². The Bertz CT molecular complexity index is 377. The van der Waals surface area contributed by atoms with Gasteiger partial charge in [-0.15, -0.1) is 0 Å². The maximum atomic E-state index is 6.13. The molecule has 3 heteroatoms. The molecule has 2 N–H and O–H groups in total. The van der Waals surface area contributed by atoms with E-state index in [1.54, 1.807) is 7.11 Å². The lowest BCUT2D eigenvalue weighted by Gasteiger charge is -2.27. The summed E-state index contributed by atoms with van der Waals surface area (Å²) < 4.78 is 11.4. The van der Waals surface area contributed by atoms with Crippen molar-refractivity contribution in [2.45, 2.75) is 52.4 Å². The summed E-state index contributed by atoms with van der Waals surface area (Å²) in [4.78, 5) is 0. The molecule has 0 aliphatic rings. The van der Waals surface area contributed by atoms with E-state index in [1.165, 1.54) is 0 Å². The lowest BCUT2D eigenvalue weighted by molar-refractivity contribution is -0.0237. The molecule has 0 fully saturated rings. The summed E-state index contributed by atoms with van der Waals surface area (Å²) in [7, 11) is 1.67. The Morgan fingerprint density at radius 1 is 1.16 bits per heavy atom. The molecule has 3 nitrogen and oxygen atoms in total. The molecule has 3 unspecified atom stereocenters. The average Bonchev–Trinajstić information content (AvgIpc) is 2.34. The summed E-state index contributed by atoms with van der Waals surface area (Å²) in [6.07, 6.45) is 1.14. The smallest absolute Gasteiger partial charge is 0.119 e. The van der Waals surface area contributed by atoms with E-state index in [4.69, 9.17) is 15.2 Å². The highest BCUT2D eigenvalue weighted by atomic mass is 16.5. The highest BCUT2D eigenvalue weighted by molar-refractivity contribution is 5.30. The van der Waals surface area contributed by atoms with Crippen LogP contribution < -0.4 is 10.5 Å². The molecule has 0 aliphatic heterocycles. The van der Waals surface area contributed by atoms with Crippen LogP contribution >= 0.6 is 0 Å². The van der Waals surface area contributed by atoms with E-state index in [0.29, 0.717) is 5.92 Å². The zero-order valence-corrected chi connectivity index (χ0v) is 12.7. The number of rotatable bonds is 7. The van der Waals surface area contributed by atoms with Crippen molar-refractivity contribution in [3.63, 3.8) is 0 Å². The van der Waals surface area contributed by atoms with Crippen molar-refractivity contribution in [3.8, 4) is 5.75 Å². The summed E-state index contributed by atoms with van der Waals surface area (Å²) in [5, 5.41) is 0. The normalized spacial score (nSPS) is 16.2. The van der Waals surface area contributed by atoms with Crippen molar-refractivity contribution in [1.29, 1.82) is 0 Å². The van der Waals surface area contributed by atoms with Gasteiger partial charge < -0.3 is 15.2 Å². The van der Waals surface area contributed by atoms with E-state index >= 15 is 0 Å². The first-order valence-corrected chi connectivity index (χ1v) is 6.99. The van der Waals surface area contributed by atoms with Crippen LogP contribution in [0.5, 0.6) is 5.75 Å². The first kappa shape index (κ1) is 16.0. The van der Waals surface area contributed by atoms with Crippen LogP contribution in [0.25, 0.3) is 0 Å². The lowest BCUT2D eigenvalue weighted by Crippen LogP contribution is -2.30. The van der Waals surface area contributed by atoms with Crippen molar-refractivity contribution in [2.75, 3.05) is 7.11 Å². The zero-order valence-electron chi connectivity index (χ0n) is 12.7. The number of nitrogens with two attached hydrogens (primary N) is 1. The Morgan fingerprint density at radius 2 is 1.84 bits per heavy atom. The fraction of sp³-hybridized carbons (Fsp3) is 0.625. The summed E-state index contributed by atoms with van der Waals surface area (Å²) >= 11 is 0. The number of benzene rings is 1. The van der Waals surface area contributed by atoms with Crippen molar-refractivity contribution in [2.24, 2.45) is 11.7 Å². The maximum Gasteiger partial charge on any atom is 0.119 e. The van der Waals surface area contributed by atoms with E-state index in [0.717, 1.165) is 17.7 Å². The van der Waals surface area contributed by atoms with Crippen LogP contribution in [0.15, 0.2) is 24.3 Å². The highest BCUT2D eigenvalue weighted by Gasteiger charge is 2.20. The second-order valence-corrected chi connectivity index (χ2v) is 5.63. The van der Waals surface area contributed by atoms with Gasteiger partial charge >= 0.3 is 0 Å². The molecule has 1 rings (SSSR count). The van der Waals surface area contributed by atoms with Crippen LogP contribution in [-0.4, -0.2) is 19.3 Å². The average molecular weight is 265 g/mol. The molecule has 108 valence electrons. The Balaban J connectivity index is 2.81. The Morgan fingerprint density at radius 3 is 2.37 bits per heavy atom. The molecule has 1 aromatic carbocycles. The van der Waals surface area contributed by atoms with Gasteiger partial charge in [0, 0.05) is 6.04 Å². The van der Waals surface area contributed by atoms with Gasteiger partial charge in [0.1, 0.15) is 5.75 Å². The topological polar surface area (TPSA) is 44.5 Å². The molecule has 0 saturated carbocycles. The number of hydrogen-bond acceptors (Lipinski definition) is 3. The van der Waals surface area contributed by atoms with Gasteiger partial charge in [0.25, 0.3) is 0 Å². The van der Waals surface area contributed by atoms with Crippen molar-refractivity contribution < 1.29 is 9.47 Å². The third-order valence-electron chi connectivity index (χ3n) is 3.08. The van der Waals surface area contributed by atoms with Gasteiger partial charge in [0.05, 0.1) is 19.3 Å². The molecule has 19 heavy (non-hydrogen) atoms. The van der Waals surface area contributed by atoms with Crippen molar-refractivity contribution >= 4 is 0 Å². The number of methoxy groups -OCH3 is 1. The minimum Gasteiger partial charge on any atom is -0.497 e. The SMILES string of the molecule is COc1cccc(C(OC(C)CC(C)C)C(C)N)c1. The Kier molecular flexibility index (Phi) is 6.32. The van der Waals surface area contributed by atoms with Gasteiger partial charge in [-0.2, -0.15) is 0 Å². The Hall–Kier alpha value is -1.06. The number of hydrogen-bond donors (Lipinski definition) is 1. The summed E-state index contributed by atoms with van der Waals surface area (Å²) in [6.45, 7) is 8.49. The minimum atomic E-state index is -0.0937. The van der Waals surface area contributed by atoms with Gasteiger partial charge in [0.2, 0.25) is 0 Å². The Labute approximate surface area is 117 Å². The summed E-state index contributed by atoms with van der Waals surface area (Å²) in [6, 6.07) is 7.88. The molecule has 0 heterocycles. The number of ether oxygens (including phenoxy) is 2. The van der Waals surface area contributed by atoms with Gasteiger partial charge in [-0.1, -0.05) is 26.0 Å². The lowest BCUT2D eigenvalue weighted by atomic mass is 10.0. The minimum absolute atomic E-state index is 0.0540. The molecule has 0 saturated heterocycles. The molecule has 0 bridgehead atoms. The van der Waals surface area contributed by atoms with Crippen LogP contribution in [0.4, 0.5) is 0 Å². The monoisotopic (exact) mass is 265 g/mol. The van der Waals surface area contributed by atoms with Crippen LogP contribution in [0.2, 0.25) is 0 Å². The predicted molar refractivity (Wildman–Crippen MR) is 79.4 cm³/mol. The first-order valence-electron chi connectivity index (χ1n) is 6.99. The molecule has 0 spiro atoms. The van der Waals surface area contributed by atoms with E-state index in [-0.39, 0.29) is 18.2 Å². The fourth-order valence-electron chi connectivity index (χ4n) is 2.29. The quantitative estimate of drug-likeness (QED) is 0.820. The molecule has 0 aromatic heterocycles. The zero-order chi connectivity index (χ0) is 14.4. The summed E-state index contributed by atoms with van der Waals surface area (Å²) in [5.41, 5.74) is 7.15. The molecule has 3 atom stereocenters. The fourth-order valence-corrected chi connectivity index (χ4v) is 2.29. The third-order valence-corrected chi connectivity index (χ3v) is 3.08. The van der Waals surface area contributed by atoms with Crippen LogP contribution in [0, 0.1) is 5.92 Å².